The van der Waals surface area contributed by atoms with Crippen LogP contribution >= 0.6 is 23.2 Å². The minimum atomic E-state index is -0.288. The van der Waals surface area contributed by atoms with E-state index >= 15 is 0 Å². The Kier molecular flexibility index (Phi) is 7.07. The maximum Gasteiger partial charge on any atom is 0.163 e. The van der Waals surface area contributed by atoms with Crippen LogP contribution < -0.4 is 19.5 Å². The van der Waals surface area contributed by atoms with Gasteiger partial charge in [0, 0.05) is 23.3 Å². The van der Waals surface area contributed by atoms with Gasteiger partial charge in [0.25, 0.3) is 0 Å². The zero-order chi connectivity index (χ0) is 20.8. The summed E-state index contributed by atoms with van der Waals surface area (Å²) in [5.74, 6) is 1.39. The van der Waals surface area contributed by atoms with Crippen molar-refractivity contribution in [1.82, 2.24) is 0 Å². The average molecular weight is 436 g/mol. The number of nitrogens with one attached hydrogen (secondary N) is 1. The van der Waals surface area contributed by atoms with Gasteiger partial charge >= 0.3 is 0 Å². The van der Waals surface area contributed by atoms with E-state index in [-0.39, 0.29) is 12.4 Å². The number of hydrogen-bond acceptors (Lipinski definition) is 4. The van der Waals surface area contributed by atoms with Gasteiger partial charge in [0.2, 0.25) is 0 Å². The van der Waals surface area contributed by atoms with Crippen LogP contribution in [0.2, 0.25) is 10.0 Å². The predicted octanol–water partition coefficient (Wildman–Crippen LogP) is 6.34. The summed E-state index contributed by atoms with van der Waals surface area (Å²) >= 11 is 12.6. The molecule has 0 bridgehead atoms. The highest BCUT2D eigenvalue weighted by molar-refractivity contribution is 6.32. The first kappa shape index (κ1) is 21.1. The second-order valence-corrected chi connectivity index (χ2v) is 7.03. The molecule has 0 aliphatic rings. The Bertz CT molecular complexity index is 981. The molecule has 3 aromatic rings. The molecule has 0 fully saturated rings. The van der Waals surface area contributed by atoms with Gasteiger partial charge in [0.1, 0.15) is 18.2 Å². The first-order valence-electron chi connectivity index (χ1n) is 8.81. The van der Waals surface area contributed by atoms with Crippen molar-refractivity contribution in [2.45, 2.75) is 13.2 Å². The van der Waals surface area contributed by atoms with E-state index in [1.54, 1.807) is 44.6 Å². The summed E-state index contributed by atoms with van der Waals surface area (Å²) in [5, 5.41) is 4.32. The number of methoxy groups -OCH3 is 2. The molecule has 1 N–H and O–H groups in total. The lowest BCUT2D eigenvalue weighted by atomic mass is 10.2. The summed E-state index contributed by atoms with van der Waals surface area (Å²) in [4.78, 5) is 0. The summed E-state index contributed by atoms with van der Waals surface area (Å²) in [5.41, 5.74) is 2.51. The van der Waals surface area contributed by atoms with Gasteiger partial charge in [-0.05, 0) is 47.5 Å². The molecule has 0 heterocycles. The summed E-state index contributed by atoms with van der Waals surface area (Å²) < 4.78 is 29.4. The van der Waals surface area contributed by atoms with E-state index in [1.165, 1.54) is 12.1 Å². The largest absolute Gasteiger partial charge is 0.495 e. The molecule has 152 valence electrons. The van der Waals surface area contributed by atoms with E-state index in [2.05, 4.69) is 5.32 Å². The summed E-state index contributed by atoms with van der Waals surface area (Å²) in [6, 6.07) is 15.1. The Morgan fingerprint density at radius 1 is 0.828 bits per heavy atom. The molecule has 3 rings (SSSR count). The van der Waals surface area contributed by atoms with E-state index in [1.807, 2.05) is 12.1 Å². The van der Waals surface area contributed by atoms with Gasteiger partial charge in [-0.25, -0.2) is 4.39 Å². The number of ether oxygens (including phenoxy) is 3. The minimum Gasteiger partial charge on any atom is -0.495 e. The summed E-state index contributed by atoms with van der Waals surface area (Å²) in [7, 11) is 3.13. The first-order valence-corrected chi connectivity index (χ1v) is 9.57. The standard InChI is InChI=1S/C22H20Cl2FNO3/c1-27-20-8-7-17(10-19(20)24)26-12-15-9-21(28-2)22(11-18(15)23)29-13-14-3-5-16(25)6-4-14/h3-11,26H,12-13H2,1-2H3. The van der Waals surface area contributed by atoms with Crippen molar-refractivity contribution in [2.24, 2.45) is 0 Å². The Labute approximate surface area is 179 Å². The zero-order valence-corrected chi connectivity index (χ0v) is 17.5. The Hall–Kier alpha value is -2.63. The fourth-order valence-corrected chi connectivity index (χ4v) is 3.18. The van der Waals surface area contributed by atoms with Crippen molar-refractivity contribution in [2.75, 3.05) is 19.5 Å². The fraction of sp³-hybridized carbons (Fsp3) is 0.182. The Balaban J connectivity index is 1.70. The third-order valence-electron chi connectivity index (χ3n) is 4.28. The second-order valence-electron chi connectivity index (χ2n) is 6.21. The molecule has 0 unspecified atom stereocenters. The van der Waals surface area contributed by atoms with Gasteiger partial charge in [-0.1, -0.05) is 35.3 Å². The quantitative estimate of drug-likeness (QED) is 0.447. The Morgan fingerprint density at radius 3 is 2.21 bits per heavy atom. The molecule has 0 radical (unpaired) electrons. The van der Waals surface area contributed by atoms with Gasteiger partial charge in [-0.15, -0.1) is 0 Å². The van der Waals surface area contributed by atoms with Crippen LogP contribution in [-0.2, 0) is 13.2 Å². The number of halogens is 3. The lowest BCUT2D eigenvalue weighted by molar-refractivity contribution is 0.284. The molecule has 4 nitrogen and oxygen atoms in total. The van der Waals surface area contributed by atoms with Crippen molar-refractivity contribution in [3.05, 3.63) is 81.6 Å². The minimum absolute atomic E-state index is 0.273. The highest BCUT2D eigenvalue weighted by Crippen LogP contribution is 2.35. The SMILES string of the molecule is COc1ccc(NCc2cc(OC)c(OCc3ccc(F)cc3)cc2Cl)cc1Cl. The molecule has 0 saturated heterocycles. The molecule has 0 atom stereocenters. The molecule has 0 spiro atoms. The smallest absolute Gasteiger partial charge is 0.163 e. The number of rotatable bonds is 8. The van der Waals surface area contributed by atoms with Gasteiger partial charge < -0.3 is 19.5 Å². The molecule has 0 aliphatic carbocycles. The lowest BCUT2D eigenvalue weighted by Crippen LogP contribution is -2.03. The van der Waals surface area contributed by atoms with Crippen LogP contribution in [-0.4, -0.2) is 14.2 Å². The third-order valence-corrected chi connectivity index (χ3v) is 4.92. The van der Waals surface area contributed by atoms with Crippen molar-refractivity contribution in [3.63, 3.8) is 0 Å². The molecule has 0 saturated carbocycles. The molecule has 0 aliphatic heterocycles. The molecule has 3 aromatic carbocycles. The van der Waals surface area contributed by atoms with Crippen LogP contribution in [0.15, 0.2) is 54.6 Å². The number of hydrogen-bond donors (Lipinski definition) is 1. The fourth-order valence-electron chi connectivity index (χ4n) is 2.70. The van der Waals surface area contributed by atoms with E-state index in [9.17, 15) is 4.39 Å². The van der Waals surface area contributed by atoms with Crippen molar-refractivity contribution in [3.8, 4) is 17.2 Å². The summed E-state index contributed by atoms with van der Waals surface area (Å²) in [6.07, 6.45) is 0. The zero-order valence-electron chi connectivity index (χ0n) is 16.0. The topological polar surface area (TPSA) is 39.7 Å². The maximum absolute atomic E-state index is 13.0. The van der Waals surface area contributed by atoms with Crippen molar-refractivity contribution >= 4 is 28.9 Å². The average Bonchev–Trinajstić information content (AvgIpc) is 2.72. The van der Waals surface area contributed by atoms with Gasteiger partial charge in [-0.2, -0.15) is 0 Å². The van der Waals surface area contributed by atoms with Crippen molar-refractivity contribution in [1.29, 1.82) is 0 Å². The molecular weight excluding hydrogens is 416 g/mol. The van der Waals surface area contributed by atoms with Gasteiger partial charge in [0.15, 0.2) is 11.5 Å². The first-order chi connectivity index (χ1) is 14.0. The van der Waals surface area contributed by atoms with Crippen LogP contribution in [0.25, 0.3) is 0 Å². The van der Waals surface area contributed by atoms with Crippen LogP contribution in [0.4, 0.5) is 10.1 Å². The highest BCUT2D eigenvalue weighted by Gasteiger charge is 2.12. The van der Waals surface area contributed by atoms with E-state index < -0.39 is 0 Å². The lowest BCUT2D eigenvalue weighted by Gasteiger charge is -2.15. The van der Waals surface area contributed by atoms with Gasteiger partial charge in [-0.3, -0.25) is 0 Å². The third kappa shape index (κ3) is 5.46. The maximum atomic E-state index is 13.0. The monoisotopic (exact) mass is 435 g/mol. The highest BCUT2D eigenvalue weighted by atomic mass is 35.5. The number of anilines is 1. The molecule has 7 heteroatoms. The van der Waals surface area contributed by atoms with Gasteiger partial charge in [0.05, 0.1) is 19.2 Å². The van der Waals surface area contributed by atoms with Crippen LogP contribution in [0.5, 0.6) is 17.2 Å². The predicted molar refractivity (Wildman–Crippen MR) is 114 cm³/mol. The van der Waals surface area contributed by atoms with Crippen molar-refractivity contribution < 1.29 is 18.6 Å². The molecular formula is C22H20Cl2FNO3. The van der Waals surface area contributed by atoms with E-state index in [4.69, 9.17) is 37.4 Å². The molecule has 0 aromatic heterocycles. The molecule has 29 heavy (non-hydrogen) atoms. The summed E-state index contributed by atoms with van der Waals surface area (Å²) in [6.45, 7) is 0.741. The van der Waals surface area contributed by atoms with E-state index in [0.29, 0.717) is 33.8 Å². The van der Waals surface area contributed by atoms with Crippen LogP contribution in [0.3, 0.4) is 0 Å². The van der Waals surface area contributed by atoms with Crippen LogP contribution in [0, 0.1) is 5.82 Å². The van der Waals surface area contributed by atoms with Crippen LogP contribution in [0.1, 0.15) is 11.1 Å². The normalized spacial score (nSPS) is 10.5. The number of benzene rings is 3. The van der Waals surface area contributed by atoms with E-state index in [0.717, 1.165) is 16.8 Å². The molecule has 0 amide bonds. The second kappa shape index (κ2) is 9.72. The Morgan fingerprint density at radius 2 is 1.55 bits per heavy atom.